The zero-order valence-corrected chi connectivity index (χ0v) is 15.5. The van der Waals surface area contributed by atoms with E-state index in [9.17, 15) is 9.59 Å². The van der Waals surface area contributed by atoms with E-state index in [4.69, 9.17) is 4.74 Å². The van der Waals surface area contributed by atoms with Crippen LogP contribution in [0.25, 0.3) is 10.9 Å². The SMILES string of the molecule is CCOC(=O)c1[nH]c2ccccc2c1NC(=O)CCN1CCC(C)CC1. The van der Waals surface area contributed by atoms with Gasteiger partial charge < -0.3 is 19.9 Å². The molecule has 1 saturated heterocycles. The molecule has 0 radical (unpaired) electrons. The van der Waals surface area contributed by atoms with Crippen molar-refractivity contribution >= 4 is 28.5 Å². The molecule has 1 aliphatic rings. The molecule has 140 valence electrons. The molecule has 0 unspecified atom stereocenters. The number of benzene rings is 1. The number of rotatable bonds is 6. The Kier molecular flexibility index (Phi) is 5.93. The van der Waals surface area contributed by atoms with E-state index in [0.29, 0.717) is 17.8 Å². The quantitative estimate of drug-likeness (QED) is 0.777. The second-order valence-electron chi connectivity index (χ2n) is 6.96. The van der Waals surface area contributed by atoms with Gasteiger partial charge >= 0.3 is 5.97 Å². The Hall–Kier alpha value is -2.34. The van der Waals surface area contributed by atoms with Gasteiger partial charge in [0.05, 0.1) is 12.3 Å². The number of esters is 1. The number of ether oxygens (including phenoxy) is 1. The standard InChI is InChI=1S/C20H27N3O3/c1-3-26-20(25)19-18(15-6-4-5-7-16(15)21-19)22-17(24)10-13-23-11-8-14(2)9-12-23/h4-7,14,21H,3,8-13H2,1-2H3,(H,22,24). The summed E-state index contributed by atoms with van der Waals surface area (Å²) < 4.78 is 5.12. The van der Waals surface area contributed by atoms with E-state index in [1.165, 1.54) is 12.8 Å². The molecular formula is C20H27N3O3. The third-order valence-corrected chi connectivity index (χ3v) is 4.98. The van der Waals surface area contributed by atoms with Gasteiger partial charge in [-0.2, -0.15) is 0 Å². The largest absolute Gasteiger partial charge is 0.461 e. The van der Waals surface area contributed by atoms with Crippen LogP contribution in [0.4, 0.5) is 5.69 Å². The normalized spacial score (nSPS) is 15.9. The molecule has 2 N–H and O–H groups in total. The Balaban J connectivity index is 1.69. The summed E-state index contributed by atoms with van der Waals surface area (Å²) >= 11 is 0. The van der Waals surface area contributed by atoms with E-state index in [1.54, 1.807) is 6.92 Å². The summed E-state index contributed by atoms with van der Waals surface area (Å²) in [7, 11) is 0. The first-order valence-corrected chi connectivity index (χ1v) is 9.38. The van der Waals surface area contributed by atoms with Crippen molar-refractivity contribution in [1.82, 2.24) is 9.88 Å². The highest BCUT2D eigenvalue weighted by Gasteiger charge is 2.21. The topological polar surface area (TPSA) is 74.4 Å². The average molecular weight is 357 g/mol. The molecule has 0 bridgehead atoms. The molecule has 1 fully saturated rings. The highest BCUT2D eigenvalue weighted by atomic mass is 16.5. The predicted octanol–water partition coefficient (Wildman–Crippen LogP) is 3.41. The Labute approximate surface area is 153 Å². The number of nitrogens with zero attached hydrogens (tertiary/aromatic N) is 1. The number of anilines is 1. The van der Waals surface area contributed by atoms with Crippen molar-refractivity contribution in [2.24, 2.45) is 5.92 Å². The van der Waals surface area contributed by atoms with E-state index < -0.39 is 5.97 Å². The Bertz CT molecular complexity index is 776. The molecule has 1 amide bonds. The first kappa shape index (κ1) is 18.5. The Morgan fingerprint density at radius 3 is 2.73 bits per heavy atom. The third-order valence-electron chi connectivity index (χ3n) is 4.98. The summed E-state index contributed by atoms with van der Waals surface area (Å²) in [4.78, 5) is 30.1. The second kappa shape index (κ2) is 8.36. The van der Waals surface area contributed by atoms with Gasteiger partial charge in [0.2, 0.25) is 5.91 Å². The van der Waals surface area contributed by atoms with Crippen LogP contribution in [0.5, 0.6) is 0 Å². The number of piperidine rings is 1. The predicted molar refractivity (Wildman–Crippen MR) is 102 cm³/mol. The number of aromatic nitrogens is 1. The van der Waals surface area contributed by atoms with Crippen molar-refractivity contribution < 1.29 is 14.3 Å². The number of amides is 1. The van der Waals surface area contributed by atoms with Gasteiger partial charge in [0.25, 0.3) is 0 Å². The Morgan fingerprint density at radius 2 is 2.00 bits per heavy atom. The summed E-state index contributed by atoms with van der Waals surface area (Å²) in [5, 5.41) is 3.74. The molecule has 0 saturated carbocycles. The van der Waals surface area contributed by atoms with Gasteiger partial charge in [-0.15, -0.1) is 0 Å². The van der Waals surface area contributed by atoms with Crippen LogP contribution < -0.4 is 5.32 Å². The summed E-state index contributed by atoms with van der Waals surface area (Å²) in [5.74, 6) is 0.237. The van der Waals surface area contributed by atoms with Crippen molar-refractivity contribution in [2.75, 3.05) is 31.6 Å². The third kappa shape index (κ3) is 4.25. The minimum Gasteiger partial charge on any atom is -0.461 e. The summed E-state index contributed by atoms with van der Waals surface area (Å²) in [6.45, 7) is 7.17. The molecule has 26 heavy (non-hydrogen) atoms. The van der Waals surface area contributed by atoms with Crippen LogP contribution in [0.1, 0.15) is 43.6 Å². The monoisotopic (exact) mass is 357 g/mol. The minimum atomic E-state index is -0.455. The van der Waals surface area contributed by atoms with Crippen molar-refractivity contribution in [3.8, 4) is 0 Å². The minimum absolute atomic E-state index is 0.0843. The van der Waals surface area contributed by atoms with Crippen molar-refractivity contribution in [2.45, 2.75) is 33.1 Å². The van der Waals surface area contributed by atoms with E-state index in [0.717, 1.165) is 36.5 Å². The lowest BCUT2D eigenvalue weighted by molar-refractivity contribution is -0.116. The number of likely N-dealkylation sites (tertiary alicyclic amines) is 1. The van der Waals surface area contributed by atoms with Crippen LogP contribution >= 0.6 is 0 Å². The Morgan fingerprint density at radius 1 is 1.27 bits per heavy atom. The van der Waals surface area contributed by atoms with Crippen LogP contribution in [0.2, 0.25) is 0 Å². The van der Waals surface area contributed by atoms with Crippen molar-refractivity contribution in [1.29, 1.82) is 0 Å². The van der Waals surface area contributed by atoms with Crippen LogP contribution in [-0.4, -0.2) is 48.0 Å². The molecule has 1 aliphatic heterocycles. The molecule has 0 spiro atoms. The summed E-state index contributed by atoms with van der Waals surface area (Å²) in [5.41, 5.74) is 1.61. The van der Waals surface area contributed by atoms with Gasteiger partial charge in [-0.3, -0.25) is 4.79 Å². The number of carbonyl (C=O) groups excluding carboxylic acids is 2. The molecule has 2 heterocycles. The smallest absolute Gasteiger partial charge is 0.356 e. The lowest BCUT2D eigenvalue weighted by Gasteiger charge is -2.29. The molecule has 1 aromatic carbocycles. The number of H-pyrrole nitrogens is 1. The first-order chi connectivity index (χ1) is 12.6. The van der Waals surface area contributed by atoms with Crippen LogP contribution in [-0.2, 0) is 9.53 Å². The molecule has 6 nitrogen and oxygen atoms in total. The molecule has 0 atom stereocenters. The highest BCUT2D eigenvalue weighted by molar-refractivity contribution is 6.10. The van der Waals surface area contributed by atoms with E-state index >= 15 is 0 Å². The zero-order chi connectivity index (χ0) is 18.5. The lowest BCUT2D eigenvalue weighted by Crippen LogP contribution is -2.35. The second-order valence-corrected chi connectivity index (χ2v) is 6.96. The lowest BCUT2D eigenvalue weighted by atomic mass is 9.99. The van der Waals surface area contributed by atoms with E-state index in [2.05, 4.69) is 22.1 Å². The highest BCUT2D eigenvalue weighted by Crippen LogP contribution is 2.28. The maximum atomic E-state index is 12.5. The fourth-order valence-electron chi connectivity index (χ4n) is 3.38. The average Bonchev–Trinajstić information content (AvgIpc) is 3.00. The van der Waals surface area contributed by atoms with E-state index in [1.807, 2.05) is 24.3 Å². The molecule has 6 heteroatoms. The van der Waals surface area contributed by atoms with Crippen LogP contribution in [0.15, 0.2) is 24.3 Å². The molecule has 3 rings (SSSR count). The molecular weight excluding hydrogens is 330 g/mol. The maximum Gasteiger partial charge on any atom is 0.356 e. The van der Waals surface area contributed by atoms with Gasteiger partial charge in [-0.05, 0) is 44.8 Å². The number of hydrogen-bond acceptors (Lipinski definition) is 4. The van der Waals surface area contributed by atoms with Gasteiger partial charge in [0, 0.05) is 23.9 Å². The number of hydrogen-bond donors (Lipinski definition) is 2. The molecule has 0 aliphatic carbocycles. The summed E-state index contributed by atoms with van der Waals surface area (Å²) in [6.07, 6.45) is 2.80. The fourth-order valence-corrected chi connectivity index (χ4v) is 3.38. The van der Waals surface area contributed by atoms with Gasteiger partial charge in [0.1, 0.15) is 5.69 Å². The number of fused-ring (bicyclic) bond motifs is 1. The number of nitrogens with one attached hydrogen (secondary N) is 2. The fraction of sp³-hybridized carbons (Fsp3) is 0.500. The van der Waals surface area contributed by atoms with Gasteiger partial charge in [-0.25, -0.2) is 4.79 Å². The first-order valence-electron chi connectivity index (χ1n) is 9.38. The molecule has 1 aromatic heterocycles. The number of aromatic amines is 1. The zero-order valence-electron chi connectivity index (χ0n) is 15.5. The molecule has 2 aromatic rings. The van der Waals surface area contributed by atoms with Crippen molar-refractivity contribution in [3.05, 3.63) is 30.0 Å². The van der Waals surface area contributed by atoms with Gasteiger partial charge in [0.15, 0.2) is 0 Å². The van der Waals surface area contributed by atoms with Crippen molar-refractivity contribution in [3.63, 3.8) is 0 Å². The number of carbonyl (C=O) groups is 2. The van der Waals surface area contributed by atoms with Gasteiger partial charge in [-0.1, -0.05) is 25.1 Å². The number of para-hydroxylation sites is 1. The van der Waals surface area contributed by atoms with Crippen LogP contribution in [0, 0.1) is 5.92 Å². The maximum absolute atomic E-state index is 12.5. The summed E-state index contributed by atoms with van der Waals surface area (Å²) in [6, 6.07) is 7.53. The van der Waals surface area contributed by atoms with Crippen LogP contribution in [0.3, 0.4) is 0 Å². The van der Waals surface area contributed by atoms with E-state index in [-0.39, 0.29) is 12.5 Å².